The third-order valence-corrected chi connectivity index (χ3v) is 5.88. The zero-order valence-corrected chi connectivity index (χ0v) is 16.7. The number of hydrogen-bond acceptors (Lipinski definition) is 3. The SMILES string of the molecule is CCC(C)CCCC(C)C(=O)NCc1ccc(-c2scnc2C)cc1. The van der Waals surface area contributed by atoms with Gasteiger partial charge in [-0.1, -0.05) is 64.3 Å². The van der Waals surface area contributed by atoms with Crippen LogP contribution >= 0.6 is 11.3 Å². The van der Waals surface area contributed by atoms with Crippen molar-refractivity contribution in [1.29, 1.82) is 0 Å². The van der Waals surface area contributed by atoms with Crippen LogP contribution in [0.5, 0.6) is 0 Å². The summed E-state index contributed by atoms with van der Waals surface area (Å²) < 4.78 is 0. The van der Waals surface area contributed by atoms with Crippen molar-refractivity contribution in [1.82, 2.24) is 10.3 Å². The number of carbonyl (C=O) groups is 1. The molecule has 0 spiro atoms. The molecule has 2 rings (SSSR count). The average Bonchev–Trinajstić information content (AvgIpc) is 3.05. The van der Waals surface area contributed by atoms with E-state index in [-0.39, 0.29) is 11.8 Å². The standard InChI is InChI=1S/C21H30N2OS/c1-5-15(2)7-6-8-16(3)21(24)22-13-18-9-11-19(12-10-18)20-17(4)23-14-25-20/h9-12,14-16H,5-8,13H2,1-4H3,(H,22,24). The molecule has 2 aromatic rings. The van der Waals surface area contributed by atoms with Crippen LogP contribution in [0.2, 0.25) is 0 Å². The van der Waals surface area contributed by atoms with E-state index in [1.807, 2.05) is 19.4 Å². The number of nitrogens with one attached hydrogen (secondary N) is 1. The van der Waals surface area contributed by atoms with E-state index in [1.165, 1.54) is 23.3 Å². The van der Waals surface area contributed by atoms with Gasteiger partial charge in [-0.2, -0.15) is 0 Å². The Labute approximate surface area is 155 Å². The minimum Gasteiger partial charge on any atom is -0.352 e. The Kier molecular flexibility index (Phi) is 7.63. The molecule has 0 fully saturated rings. The zero-order chi connectivity index (χ0) is 18.2. The summed E-state index contributed by atoms with van der Waals surface area (Å²) >= 11 is 1.66. The summed E-state index contributed by atoms with van der Waals surface area (Å²) in [4.78, 5) is 17.8. The molecule has 4 heteroatoms. The lowest BCUT2D eigenvalue weighted by molar-refractivity contribution is -0.124. The second-order valence-corrected chi connectivity index (χ2v) is 7.88. The van der Waals surface area contributed by atoms with Crippen LogP contribution < -0.4 is 5.32 Å². The Morgan fingerprint density at radius 2 is 1.92 bits per heavy atom. The fourth-order valence-corrected chi connectivity index (χ4v) is 3.64. The maximum atomic E-state index is 12.2. The molecule has 136 valence electrons. The lowest BCUT2D eigenvalue weighted by Crippen LogP contribution is -2.28. The van der Waals surface area contributed by atoms with Gasteiger partial charge in [0, 0.05) is 12.5 Å². The molecule has 2 unspecified atom stereocenters. The molecule has 1 aromatic carbocycles. The summed E-state index contributed by atoms with van der Waals surface area (Å²) in [5.41, 5.74) is 5.26. The van der Waals surface area contributed by atoms with Gasteiger partial charge in [-0.15, -0.1) is 11.3 Å². The fraction of sp³-hybridized carbons (Fsp3) is 0.524. The van der Waals surface area contributed by atoms with Crippen LogP contribution in [0.25, 0.3) is 10.4 Å². The minimum atomic E-state index is 0.0863. The summed E-state index contributed by atoms with van der Waals surface area (Å²) in [5, 5.41) is 3.07. The highest BCUT2D eigenvalue weighted by atomic mass is 32.1. The van der Waals surface area contributed by atoms with Crippen LogP contribution in [-0.4, -0.2) is 10.9 Å². The van der Waals surface area contributed by atoms with Gasteiger partial charge >= 0.3 is 0 Å². The van der Waals surface area contributed by atoms with E-state index in [1.54, 1.807) is 11.3 Å². The van der Waals surface area contributed by atoms with Crippen molar-refractivity contribution in [3.8, 4) is 10.4 Å². The smallest absolute Gasteiger partial charge is 0.223 e. The first kappa shape index (κ1) is 19.6. The van der Waals surface area contributed by atoms with E-state index < -0.39 is 0 Å². The van der Waals surface area contributed by atoms with Crippen LogP contribution in [0.15, 0.2) is 29.8 Å². The van der Waals surface area contributed by atoms with Crippen molar-refractivity contribution in [3.63, 3.8) is 0 Å². The number of aromatic nitrogens is 1. The molecule has 0 bridgehead atoms. The van der Waals surface area contributed by atoms with Crippen molar-refractivity contribution >= 4 is 17.2 Å². The number of carbonyl (C=O) groups excluding carboxylic acids is 1. The molecule has 1 heterocycles. The average molecular weight is 359 g/mol. The number of thiazole rings is 1. The fourth-order valence-electron chi connectivity index (χ4n) is 2.82. The van der Waals surface area contributed by atoms with E-state index in [9.17, 15) is 4.79 Å². The van der Waals surface area contributed by atoms with Gasteiger partial charge in [-0.3, -0.25) is 4.79 Å². The van der Waals surface area contributed by atoms with Gasteiger partial charge < -0.3 is 5.32 Å². The number of nitrogens with zero attached hydrogens (tertiary/aromatic N) is 1. The minimum absolute atomic E-state index is 0.0863. The molecule has 2 atom stereocenters. The summed E-state index contributed by atoms with van der Waals surface area (Å²) in [6, 6.07) is 8.39. The van der Waals surface area contributed by atoms with Crippen LogP contribution in [0, 0.1) is 18.8 Å². The Morgan fingerprint density at radius 3 is 2.52 bits per heavy atom. The number of amides is 1. The third-order valence-electron chi connectivity index (χ3n) is 4.91. The lowest BCUT2D eigenvalue weighted by atomic mass is 9.96. The molecule has 0 radical (unpaired) electrons. The first-order chi connectivity index (χ1) is 12.0. The van der Waals surface area contributed by atoms with Crippen LogP contribution in [-0.2, 0) is 11.3 Å². The van der Waals surface area contributed by atoms with Crippen LogP contribution in [0.4, 0.5) is 0 Å². The quantitative estimate of drug-likeness (QED) is 0.635. The molecule has 0 aliphatic rings. The first-order valence-corrected chi connectivity index (χ1v) is 10.2. The predicted octanol–water partition coefficient (Wildman–Crippen LogP) is 5.59. The molecule has 0 aliphatic heterocycles. The van der Waals surface area contributed by atoms with Crippen molar-refractivity contribution in [2.75, 3.05) is 0 Å². The van der Waals surface area contributed by atoms with Gasteiger partial charge in [-0.25, -0.2) is 4.98 Å². The zero-order valence-electron chi connectivity index (χ0n) is 15.8. The largest absolute Gasteiger partial charge is 0.352 e. The Hall–Kier alpha value is -1.68. The Bertz CT molecular complexity index is 663. The summed E-state index contributed by atoms with van der Waals surface area (Å²) in [6.07, 6.45) is 4.54. The van der Waals surface area contributed by atoms with Gasteiger partial charge in [0.05, 0.1) is 16.1 Å². The number of rotatable bonds is 9. The second-order valence-electron chi connectivity index (χ2n) is 7.03. The lowest BCUT2D eigenvalue weighted by Gasteiger charge is -2.14. The van der Waals surface area contributed by atoms with Gasteiger partial charge in [0.25, 0.3) is 0 Å². The topological polar surface area (TPSA) is 42.0 Å². The molecule has 0 saturated carbocycles. The number of benzene rings is 1. The molecule has 0 aliphatic carbocycles. The highest BCUT2D eigenvalue weighted by Gasteiger charge is 2.13. The molecule has 1 amide bonds. The van der Waals surface area contributed by atoms with Crippen LogP contribution in [0.1, 0.15) is 57.7 Å². The monoisotopic (exact) mass is 358 g/mol. The van der Waals surface area contributed by atoms with Gasteiger partial charge in [0.2, 0.25) is 5.91 Å². The highest BCUT2D eigenvalue weighted by Crippen LogP contribution is 2.27. The molecular weight excluding hydrogens is 328 g/mol. The second kappa shape index (κ2) is 9.71. The van der Waals surface area contributed by atoms with Gasteiger partial charge in [0.15, 0.2) is 0 Å². The van der Waals surface area contributed by atoms with E-state index in [0.29, 0.717) is 6.54 Å². The first-order valence-electron chi connectivity index (χ1n) is 9.28. The van der Waals surface area contributed by atoms with Crippen molar-refractivity contribution < 1.29 is 4.79 Å². The summed E-state index contributed by atoms with van der Waals surface area (Å²) in [7, 11) is 0. The third kappa shape index (κ3) is 5.96. The van der Waals surface area contributed by atoms with Crippen molar-refractivity contribution in [2.45, 2.75) is 59.9 Å². The maximum absolute atomic E-state index is 12.2. The van der Waals surface area contributed by atoms with Gasteiger partial charge in [0.1, 0.15) is 0 Å². The molecule has 0 saturated heterocycles. The maximum Gasteiger partial charge on any atom is 0.223 e. The predicted molar refractivity (Wildman–Crippen MR) is 107 cm³/mol. The molecular formula is C21H30N2OS. The molecule has 25 heavy (non-hydrogen) atoms. The highest BCUT2D eigenvalue weighted by molar-refractivity contribution is 7.13. The molecule has 1 aromatic heterocycles. The Balaban J connectivity index is 1.78. The van der Waals surface area contributed by atoms with E-state index >= 15 is 0 Å². The van der Waals surface area contributed by atoms with Crippen molar-refractivity contribution in [3.05, 3.63) is 41.0 Å². The van der Waals surface area contributed by atoms with Gasteiger partial charge in [-0.05, 0) is 30.4 Å². The van der Waals surface area contributed by atoms with E-state index in [2.05, 4.69) is 48.4 Å². The number of aryl methyl sites for hydroxylation is 1. The molecule has 3 nitrogen and oxygen atoms in total. The number of hydrogen-bond donors (Lipinski definition) is 1. The van der Waals surface area contributed by atoms with E-state index in [0.717, 1.165) is 30.0 Å². The Morgan fingerprint density at radius 1 is 1.20 bits per heavy atom. The van der Waals surface area contributed by atoms with Crippen molar-refractivity contribution in [2.24, 2.45) is 11.8 Å². The molecule has 1 N–H and O–H groups in total. The summed E-state index contributed by atoms with van der Waals surface area (Å²) in [6.45, 7) is 9.16. The summed E-state index contributed by atoms with van der Waals surface area (Å²) in [5.74, 6) is 1.01. The van der Waals surface area contributed by atoms with E-state index in [4.69, 9.17) is 0 Å². The normalized spacial score (nSPS) is 13.4. The van der Waals surface area contributed by atoms with Crippen LogP contribution in [0.3, 0.4) is 0 Å².